The van der Waals surface area contributed by atoms with Gasteiger partial charge in [-0.2, -0.15) is 0 Å². The Balaban J connectivity index is 1.68. The van der Waals surface area contributed by atoms with Crippen LogP contribution in [0.5, 0.6) is 0 Å². The zero-order chi connectivity index (χ0) is 27.4. The second-order valence-electron chi connectivity index (χ2n) is 15.2. The Kier molecular flexibility index (Phi) is 5.64. The Morgan fingerprint density at radius 2 is 1.65 bits per heavy atom. The predicted molar refractivity (Wildman–Crippen MR) is 143 cm³/mol. The Morgan fingerprint density at radius 1 is 1.00 bits per heavy atom. The summed E-state index contributed by atoms with van der Waals surface area (Å²) in [4.78, 5) is 41.0. The third kappa shape index (κ3) is 3.18. The molecule has 0 spiro atoms. The van der Waals surface area contributed by atoms with Gasteiger partial charge in [-0.15, -0.1) is 0 Å². The summed E-state index contributed by atoms with van der Waals surface area (Å²) in [7, 11) is 1.49. The first kappa shape index (κ1) is 26.7. The number of carbonyl (C=O) groups excluding carboxylic acids is 3. The molecule has 5 heteroatoms. The number of hydrogen-bond donors (Lipinski definition) is 1. The van der Waals surface area contributed by atoms with E-state index in [4.69, 9.17) is 4.74 Å². The molecule has 0 saturated heterocycles. The van der Waals surface area contributed by atoms with E-state index in [-0.39, 0.29) is 56.9 Å². The number of aliphatic hydroxyl groups is 1. The van der Waals surface area contributed by atoms with Gasteiger partial charge in [-0.05, 0) is 90.9 Å². The van der Waals surface area contributed by atoms with Crippen molar-refractivity contribution in [1.29, 1.82) is 0 Å². The van der Waals surface area contributed by atoms with Gasteiger partial charge in [-0.3, -0.25) is 14.4 Å². The molecule has 5 aliphatic carbocycles. The SMILES string of the molecule is COC(=O)C12CCC(C)(C)CC1C1C(=O)C=C3C4(C)CC(=CO)C(=O)C(C)(C)C4CCC3(C)C1(C)CC2. The average Bonchev–Trinajstić information content (AvgIpc) is 2.82. The van der Waals surface area contributed by atoms with Crippen LogP contribution in [-0.2, 0) is 19.1 Å². The number of ether oxygens (including phenoxy) is 1. The van der Waals surface area contributed by atoms with E-state index in [0.717, 1.165) is 51.2 Å². The van der Waals surface area contributed by atoms with E-state index in [1.54, 1.807) is 0 Å². The lowest BCUT2D eigenvalue weighted by molar-refractivity contribution is -0.192. The topological polar surface area (TPSA) is 80.7 Å². The van der Waals surface area contributed by atoms with Crippen LogP contribution in [0.4, 0.5) is 0 Å². The first-order valence-corrected chi connectivity index (χ1v) is 14.3. The first-order chi connectivity index (χ1) is 17.0. The average molecular weight is 511 g/mol. The monoisotopic (exact) mass is 510 g/mol. The van der Waals surface area contributed by atoms with Gasteiger partial charge in [0.2, 0.25) is 0 Å². The third-order valence-corrected chi connectivity index (χ3v) is 12.7. The molecule has 204 valence electrons. The molecule has 0 aliphatic heterocycles. The molecule has 5 rings (SSSR count). The van der Waals surface area contributed by atoms with E-state index in [1.807, 2.05) is 19.9 Å². The van der Waals surface area contributed by atoms with Crippen LogP contribution in [0.2, 0.25) is 0 Å². The molecule has 0 heterocycles. The van der Waals surface area contributed by atoms with Gasteiger partial charge >= 0.3 is 5.97 Å². The lowest BCUT2D eigenvalue weighted by atomic mass is 9.33. The Hall–Kier alpha value is -1.91. The molecule has 0 aromatic carbocycles. The molecule has 37 heavy (non-hydrogen) atoms. The maximum atomic E-state index is 14.4. The van der Waals surface area contributed by atoms with E-state index in [2.05, 4.69) is 34.6 Å². The fourth-order valence-electron chi connectivity index (χ4n) is 10.5. The van der Waals surface area contributed by atoms with Crippen molar-refractivity contribution in [2.45, 2.75) is 99.8 Å². The van der Waals surface area contributed by atoms with Gasteiger partial charge < -0.3 is 9.84 Å². The van der Waals surface area contributed by atoms with Crippen LogP contribution in [0.25, 0.3) is 0 Å². The van der Waals surface area contributed by atoms with Gasteiger partial charge in [0.05, 0.1) is 18.8 Å². The summed E-state index contributed by atoms with van der Waals surface area (Å²) in [5.41, 5.74) is -0.375. The number of ketones is 2. The zero-order valence-corrected chi connectivity index (χ0v) is 24.1. The van der Waals surface area contributed by atoms with Crippen molar-refractivity contribution in [3.8, 4) is 0 Å². The van der Waals surface area contributed by atoms with E-state index in [1.165, 1.54) is 12.7 Å². The molecule has 7 atom stereocenters. The zero-order valence-electron chi connectivity index (χ0n) is 24.1. The summed E-state index contributed by atoms with van der Waals surface area (Å²) in [6.45, 7) is 15.4. The number of Topliss-reactive ketones (excluding diaryl/α,β-unsaturated/α-hetero) is 1. The molecule has 5 aliphatic rings. The molecule has 4 fully saturated rings. The Morgan fingerprint density at radius 3 is 2.27 bits per heavy atom. The minimum absolute atomic E-state index is 0.0258. The fourth-order valence-corrected chi connectivity index (χ4v) is 10.5. The van der Waals surface area contributed by atoms with Gasteiger partial charge in [0.25, 0.3) is 0 Å². The molecule has 0 amide bonds. The third-order valence-electron chi connectivity index (χ3n) is 12.7. The molecular formula is C32H46O5. The van der Waals surface area contributed by atoms with Crippen molar-refractivity contribution in [3.63, 3.8) is 0 Å². The number of aliphatic hydroxyl groups excluding tert-OH is 1. The van der Waals surface area contributed by atoms with Crippen molar-refractivity contribution < 1.29 is 24.2 Å². The highest BCUT2D eigenvalue weighted by molar-refractivity contribution is 6.01. The maximum absolute atomic E-state index is 14.4. The van der Waals surface area contributed by atoms with Gasteiger partial charge in [0, 0.05) is 16.9 Å². The summed E-state index contributed by atoms with van der Waals surface area (Å²) in [5.74, 6) is -0.111. The normalized spacial score (nSPS) is 47.2. The molecule has 0 aromatic heterocycles. The van der Waals surface area contributed by atoms with Gasteiger partial charge in [-0.1, -0.05) is 54.0 Å². The highest BCUT2D eigenvalue weighted by Crippen LogP contribution is 2.75. The second-order valence-corrected chi connectivity index (χ2v) is 15.2. The van der Waals surface area contributed by atoms with Crippen molar-refractivity contribution in [2.24, 2.45) is 50.2 Å². The Labute approximate surface area is 222 Å². The summed E-state index contributed by atoms with van der Waals surface area (Å²) < 4.78 is 5.41. The maximum Gasteiger partial charge on any atom is 0.312 e. The fraction of sp³-hybridized carbons (Fsp3) is 0.781. The molecular weight excluding hydrogens is 464 g/mol. The first-order valence-electron chi connectivity index (χ1n) is 14.3. The number of carbonyl (C=O) groups is 3. The van der Waals surface area contributed by atoms with Crippen molar-refractivity contribution >= 4 is 17.5 Å². The van der Waals surface area contributed by atoms with E-state index in [9.17, 15) is 19.5 Å². The predicted octanol–water partition coefficient (Wildman–Crippen LogP) is 6.76. The summed E-state index contributed by atoms with van der Waals surface area (Å²) in [5, 5.41) is 10.0. The minimum Gasteiger partial charge on any atom is -0.515 e. The van der Waals surface area contributed by atoms with Crippen molar-refractivity contribution in [2.75, 3.05) is 7.11 Å². The smallest absolute Gasteiger partial charge is 0.312 e. The summed E-state index contributed by atoms with van der Waals surface area (Å²) in [6.07, 6.45) is 9.42. The van der Waals surface area contributed by atoms with E-state index < -0.39 is 10.8 Å². The van der Waals surface area contributed by atoms with Crippen molar-refractivity contribution in [3.05, 3.63) is 23.5 Å². The van der Waals surface area contributed by atoms with Gasteiger partial charge in [0.1, 0.15) is 0 Å². The highest BCUT2D eigenvalue weighted by atomic mass is 16.5. The van der Waals surface area contributed by atoms with Crippen LogP contribution in [0, 0.1) is 50.2 Å². The van der Waals surface area contributed by atoms with Gasteiger partial charge in [-0.25, -0.2) is 0 Å². The van der Waals surface area contributed by atoms with E-state index in [0.29, 0.717) is 12.0 Å². The summed E-state index contributed by atoms with van der Waals surface area (Å²) in [6, 6.07) is 0. The number of esters is 1. The van der Waals surface area contributed by atoms with E-state index >= 15 is 0 Å². The molecule has 5 nitrogen and oxygen atoms in total. The number of rotatable bonds is 1. The number of hydrogen-bond acceptors (Lipinski definition) is 5. The quantitative estimate of drug-likeness (QED) is 0.239. The molecule has 7 unspecified atom stereocenters. The molecule has 4 saturated carbocycles. The number of fused-ring (bicyclic) bond motifs is 7. The lowest BCUT2D eigenvalue weighted by Gasteiger charge is -2.69. The van der Waals surface area contributed by atoms with Crippen molar-refractivity contribution in [1.82, 2.24) is 0 Å². The van der Waals surface area contributed by atoms with Crippen LogP contribution in [-0.4, -0.2) is 29.8 Å². The largest absolute Gasteiger partial charge is 0.515 e. The number of methoxy groups -OCH3 is 1. The highest BCUT2D eigenvalue weighted by Gasteiger charge is 2.71. The van der Waals surface area contributed by atoms with Gasteiger partial charge in [0.15, 0.2) is 11.6 Å². The standard InChI is InChI=1S/C32H46O5/c1-27(2)11-13-32(26(36)37-8)14-12-31(7)24(20(32)17-27)21(34)15-23-29(5)16-19(18-33)25(35)28(3,4)22(29)9-10-30(23,31)6/h15,18,20,22,24,33H,9-14,16-17H2,1-8H3. The Bertz CT molecular complexity index is 1130. The van der Waals surface area contributed by atoms with Crippen LogP contribution in [0.3, 0.4) is 0 Å². The molecule has 0 bridgehead atoms. The molecule has 0 radical (unpaired) electrons. The summed E-state index contributed by atoms with van der Waals surface area (Å²) >= 11 is 0. The second kappa shape index (κ2) is 7.82. The van der Waals surface area contributed by atoms with Crippen LogP contribution in [0.15, 0.2) is 23.5 Å². The minimum atomic E-state index is -0.607. The van der Waals surface area contributed by atoms with Crippen LogP contribution < -0.4 is 0 Å². The van der Waals surface area contributed by atoms with Crippen LogP contribution >= 0.6 is 0 Å². The molecule has 1 N–H and O–H groups in total. The molecule has 0 aromatic rings. The lowest BCUT2D eigenvalue weighted by Crippen LogP contribution is -2.66. The van der Waals surface area contributed by atoms with Crippen LogP contribution in [0.1, 0.15) is 99.8 Å². The number of allylic oxidation sites excluding steroid dienone is 3.